The minimum absolute atomic E-state index is 0.560. The van der Waals surface area contributed by atoms with Crippen LogP contribution in [-0.4, -0.2) is 44.7 Å². The van der Waals surface area contributed by atoms with Gasteiger partial charge in [0.25, 0.3) is 0 Å². The van der Waals surface area contributed by atoms with E-state index >= 15 is 0 Å². The summed E-state index contributed by atoms with van der Waals surface area (Å²) in [5.74, 6) is 2.73. The third-order valence-electron chi connectivity index (χ3n) is 6.57. The first kappa shape index (κ1) is 25.2. The van der Waals surface area contributed by atoms with Gasteiger partial charge in [0.1, 0.15) is 23.3 Å². The lowest BCUT2D eigenvalue weighted by atomic mass is 10.1. The summed E-state index contributed by atoms with van der Waals surface area (Å²) in [7, 11) is 0. The zero-order valence-electron chi connectivity index (χ0n) is 22.0. The lowest BCUT2D eigenvalue weighted by molar-refractivity contribution is 0.807. The maximum atomic E-state index is 6.19. The highest BCUT2D eigenvalue weighted by atomic mass is 14.9. The number of nitrogens with zero attached hydrogens (tertiary/aromatic N) is 4. The number of rotatable bonds is 10. The van der Waals surface area contributed by atoms with Gasteiger partial charge in [-0.25, -0.2) is 9.97 Å². The molecule has 5 aromatic rings. The van der Waals surface area contributed by atoms with Crippen LogP contribution in [0.5, 0.6) is 0 Å². The number of hydrogen-bond donors (Lipinski definition) is 4. The Morgan fingerprint density at radius 2 is 1.08 bits per heavy atom. The molecule has 0 spiro atoms. The van der Waals surface area contributed by atoms with Gasteiger partial charge in [0.15, 0.2) is 0 Å². The molecule has 6 N–H and O–H groups in total. The number of aromatic nitrogens is 4. The lowest BCUT2D eigenvalue weighted by Gasteiger charge is -2.01. The lowest BCUT2D eigenvalue weighted by Crippen LogP contribution is -2.13. The summed E-state index contributed by atoms with van der Waals surface area (Å²) < 4.78 is 0. The minimum Gasteiger partial charge on any atom is -0.384 e. The number of benzene rings is 3. The fraction of sp³-hybridized carbons (Fsp3) is 0.267. The van der Waals surface area contributed by atoms with Crippen LogP contribution in [0.3, 0.4) is 0 Å². The average Bonchev–Trinajstić information content (AvgIpc) is 3.57. The van der Waals surface area contributed by atoms with E-state index in [1.165, 1.54) is 0 Å². The maximum Gasteiger partial charge on any atom is 0.138 e. The monoisotopic (exact) mass is 506 g/mol. The molecule has 8 nitrogen and oxygen atoms in total. The van der Waals surface area contributed by atoms with Crippen molar-refractivity contribution in [3.8, 4) is 22.8 Å². The third-order valence-corrected chi connectivity index (χ3v) is 6.57. The molecule has 3 aromatic carbocycles. The molecule has 0 saturated heterocycles. The zero-order valence-corrected chi connectivity index (χ0v) is 22.0. The van der Waals surface area contributed by atoms with Crippen molar-refractivity contribution in [2.45, 2.75) is 39.5 Å². The number of nitrogens with two attached hydrogens (primary N) is 2. The van der Waals surface area contributed by atoms with Crippen LogP contribution in [0.25, 0.3) is 44.8 Å². The molecule has 0 unspecified atom stereocenters. The van der Waals surface area contributed by atoms with Crippen molar-refractivity contribution in [1.29, 1.82) is 0 Å². The van der Waals surface area contributed by atoms with Gasteiger partial charge >= 0.3 is 0 Å². The molecule has 2 aromatic heterocycles. The van der Waals surface area contributed by atoms with Crippen LogP contribution < -0.4 is 11.5 Å². The Kier molecular flexibility index (Phi) is 7.49. The van der Waals surface area contributed by atoms with Crippen LogP contribution in [0.1, 0.15) is 50.7 Å². The van der Waals surface area contributed by atoms with Crippen LogP contribution in [-0.2, 0) is 0 Å². The molecule has 0 atom stereocenters. The summed E-state index contributed by atoms with van der Waals surface area (Å²) in [6.07, 6.45) is 4.26. The van der Waals surface area contributed by atoms with Crippen molar-refractivity contribution >= 4 is 33.7 Å². The summed E-state index contributed by atoms with van der Waals surface area (Å²) in [6.45, 7) is 5.78. The van der Waals surface area contributed by atoms with Gasteiger partial charge in [0.2, 0.25) is 0 Å². The second-order valence-corrected chi connectivity index (χ2v) is 9.45. The van der Waals surface area contributed by atoms with Gasteiger partial charge < -0.3 is 21.4 Å². The van der Waals surface area contributed by atoms with Crippen molar-refractivity contribution in [3.63, 3.8) is 0 Å². The molecule has 8 heteroatoms. The molecule has 0 aliphatic heterocycles. The Morgan fingerprint density at radius 3 is 1.47 bits per heavy atom. The van der Waals surface area contributed by atoms with Crippen LogP contribution in [0.2, 0.25) is 0 Å². The maximum absolute atomic E-state index is 6.19. The molecule has 38 heavy (non-hydrogen) atoms. The van der Waals surface area contributed by atoms with Crippen molar-refractivity contribution in [2.24, 2.45) is 21.5 Å². The van der Waals surface area contributed by atoms with Crippen molar-refractivity contribution in [1.82, 2.24) is 19.9 Å². The SMILES string of the molecule is CCCCN=C(N)c1ccc2nc(-c3ccc(-c4nc5ccc(C(N)=NCCCC)cc5[nH]4)cc3)[nH]c2c1. The summed E-state index contributed by atoms with van der Waals surface area (Å²) in [5.41, 5.74) is 19.8. The molecule has 0 aliphatic rings. The van der Waals surface area contributed by atoms with E-state index in [0.29, 0.717) is 11.7 Å². The molecule has 0 fully saturated rings. The molecule has 194 valence electrons. The highest BCUT2D eigenvalue weighted by molar-refractivity contribution is 6.01. The Balaban J connectivity index is 1.36. The van der Waals surface area contributed by atoms with Crippen molar-refractivity contribution < 1.29 is 0 Å². The second-order valence-electron chi connectivity index (χ2n) is 9.45. The Morgan fingerprint density at radius 1 is 0.658 bits per heavy atom. The summed E-state index contributed by atoms with van der Waals surface area (Å²) in [4.78, 5) is 25.3. The number of unbranched alkanes of at least 4 members (excludes halogenated alkanes) is 2. The van der Waals surface area contributed by atoms with Gasteiger partial charge in [0.05, 0.1) is 22.1 Å². The first-order chi connectivity index (χ1) is 18.6. The Labute approximate surface area is 222 Å². The highest BCUT2D eigenvalue weighted by Crippen LogP contribution is 2.26. The minimum atomic E-state index is 0.560. The number of H-pyrrole nitrogens is 2. The fourth-order valence-corrected chi connectivity index (χ4v) is 4.30. The molecule has 0 radical (unpaired) electrons. The molecule has 0 bridgehead atoms. The van der Waals surface area contributed by atoms with Gasteiger partial charge in [-0.1, -0.05) is 51.0 Å². The van der Waals surface area contributed by atoms with Crippen molar-refractivity contribution in [2.75, 3.05) is 13.1 Å². The normalized spacial score (nSPS) is 12.6. The van der Waals surface area contributed by atoms with Crippen molar-refractivity contribution in [3.05, 3.63) is 71.8 Å². The molecule has 0 amide bonds. The van der Waals surface area contributed by atoms with Gasteiger partial charge in [-0.2, -0.15) is 0 Å². The largest absolute Gasteiger partial charge is 0.384 e. The van der Waals surface area contributed by atoms with Crippen LogP contribution in [0.15, 0.2) is 70.6 Å². The predicted octanol–water partition coefficient (Wildman–Crippen LogP) is 5.78. The second kappa shape index (κ2) is 11.3. The number of aliphatic imine (C=N–C) groups is 2. The number of imidazole rings is 2. The van der Waals surface area contributed by atoms with E-state index in [-0.39, 0.29) is 0 Å². The molecular weight excluding hydrogens is 472 g/mol. The number of amidine groups is 2. The molecule has 0 aliphatic carbocycles. The number of nitrogens with one attached hydrogen (secondary N) is 2. The fourth-order valence-electron chi connectivity index (χ4n) is 4.30. The summed E-state index contributed by atoms with van der Waals surface area (Å²) >= 11 is 0. The highest BCUT2D eigenvalue weighted by Gasteiger charge is 2.11. The number of hydrogen-bond acceptors (Lipinski definition) is 4. The van der Waals surface area contributed by atoms with Gasteiger partial charge in [-0.3, -0.25) is 9.98 Å². The summed E-state index contributed by atoms with van der Waals surface area (Å²) in [5, 5.41) is 0. The van der Waals surface area contributed by atoms with E-state index in [9.17, 15) is 0 Å². The molecular formula is C30H34N8. The topological polar surface area (TPSA) is 134 Å². The van der Waals surface area contributed by atoms with Crippen LogP contribution in [0.4, 0.5) is 0 Å². The first-order valence-electron chi connectivity index (χ1n) is 13.3. The molecule has 2 heterocycles. The Hall–Kier alpha value is -4.46. The number of aromatic amines is 2. The van der Waals surface area contributed by atoms with E-state index in [1.807, 2.05) is 60.7 Å². The van der Waals surface area contributed by atoms with E-state index < -0.39 is 0 Å². The quantitative estimate of drug-likeness (QED) is 0.108. The van der Waals surface area contributed by atoms with Gasteiger partial charge in [-0.05, 0) is 49.2 Å². The van der Waals surface area contributed by atoms with E-state index in [2.05, 4.69) is 33.8 Å². The van der Waals surface area contributed by atoms with E-state index in [0.717, 1.165) is 94.7 Å². The van der Waals surface area contributed by atoms with E-state index in [4.69, 9.17) is 21.4 Å². The summed E-state index contributed by atoms with van der Waals surface area (Å²) in [6, 6.07) is 20.1. The Bertz CT molecular complexity index is 1480. The van der Waals surface area contributed by atoms with Gasteiger partial charge in [-0.15, -0.1) is 0 Å². The third kappa shape index (κ3) is 5.44. The number of fused-ring (bicyclic) bond motifs is 2. The predicted molar refractivity (Wildman–Crippen MR) is 158 cm³/mol. The first-order valence-corrected chi connectivity index (χ1v) is 13.3. The molecule has 0 saturated carbocycles. The van der Waals surface area contributed by atoms with Crippen LogP contribution in [0, 0.1) is 0 Å². The van der Waals surface area contributed by atoms with Gasteiger partial charge in [0, 0.05) is 35.3 Å². The smallest absolute Gasteiger partial charge is 0.138 e. The van der Waals surface area contributed by atoms with Crippen LogP contribution >= 0.6 is 0 Å². The molecule has 5 rings (SSSR count). The standard InChI is InChI=1S/C30H34N8/c1-3-5-15-33-27(31)21-11-13-23-25(17-21)37-29(35-23)19-7-9-20(10-8-19)30-36-24-14-12-22(18-26(24)38-30)28(32)34-16-6-4-2/h7-14,17-18H,3-6,15-16H2,1-2H3,(H2,31,33)(H2,32,34)(H,35,37)(H,36,38). The van der Waals surface area contributed by atoms with E-state index in [1.54, 1.807) is 0 Å². The average molecular weight is 507 g/mol. The zero-order chi connectivity index (χ0) is 26.5.